The maximum Gasteiger partial charge on any atom is 0.237 e. The zero-order valence-corrected chi connectivity index (χ0v) is 16.5. The van der Waals surface area contributed by atoms with Gasteiger partial charge in [-0.05, 0) is 44.0 Å². The molecular formula is C19H25N5O2S. The first kappa shape index (κ1) is 18.3. The molecule has 2 heterocycles. The third-order valence-corrected chi connectivity index (χ3v) is 6.11. The molecule has 7 nitrogen and oxygen atoms in total. The summed E-state index contributed by atoms with van der Waals surface area (Å²) in [5.41, 5.74) is 1.96. The fourth-order valence-electron chi connectivity index (χ4n) is 3.16. The third-order valence-electron chi connectivity index (χ3n) is 4.97. The summed E-state index contributed by atoms with van der Waals surface area (Å²) in [6.07, 6.45) is 2.38. The molecule has 1 saturated carbocycles. The van der Waals surface area contributed by atoms with Crippen LogP contribution in [0.2, 0.25) is 0 Å². The number of morpholine rings is 1. The van der Waals surface area contributed by atoms with Crippen LogP contribution in [0.25, 0.3) is 0 Å². The van der Waals surface area contributed by atoms with Crippen molar-refractivity contribution in [2.45, 2.75) is 36.1 Å². The Bertz CT molecular complexity index is 797. The number of anilines is 2. The Morgan fingerprint density at radius 2 is 1.93 bits per heavy atom. The number of nitrogens with zero attached hydrogens (tertiary/aromatic N) is 4. The highest BCUT2D eigenvalue weighted by atomic mass is 32.2. The van der Waals surface area contributed by atoms with Crippen molar-refractivity contribution in [3.8, 4) is 0 Å². The first-order valence-electron chi connectivity index (χ1n) is 9.41. The number of amides is 1. The molecule has 8 heteroatoms. The number of thioether (sulfide) groups is 1. The van der Waals surface area contributed by atoms with E-state index >= 15 is 0 Å². The molecule has 1 N–H and O–H groups in total. The number of rotatable bonds is 6. The Labute approximate surface area is 163 Å². The van der Waals surface area contributed by atoms with E-state index in [1.807, 2.05) is 42.8 Å². The van der Waals surface area contributed by atoms with E-state index in [4.69, 9.17) is 4.74 Å². The molecule has 1 aromatic carbocycles. The number of carbonyl (C=O) groups is 1. The van der Waals surface area contributed by atoms with Crippen LogP contribution in [0.3, 0.4) is 0 Å². The zero-order chi connectivity index (χ0) is 18.8. The highest BCUT2D eigenvalue weighted by Gasteiger charge is 2.30. The molecule has 1 atom stereocenters. The SMILES string of the molecule is C[C@@H](Sc1nnc(C2CC2)n1C)C(=O)Nc1ccc(N2CCOCC2)cc1. The molecule has 1 saturated heterocycles. The highest BCUT2D eigenvalue weighted by molar-refractivity contribution is 8.00. The van der Waals surface area contributed by atoms with Gasteiger partial charge in [0.15, 0.2) is 5.16 Å². The molecule has 27 heavy (non-hydrogen) atoms. The number of benzene rings is 1. The summed E-state index contributed by atoms with van der Waals surface area (Å²) in [5.74, 6) is 1.55. The lowest BCUT2D eigenvalue weighted by Crippen LogP contribution is -2.36. The number of hydrogen-bond donors (Lipinski definition) is 1. The largest absolute Gasteiger partial charge is 0.378 e. The molecule has 1 aromatic heterocycles. The van der Waals surface area contributed by atoms with Crippen LogP contribution in [0.15, 0.2) is 29.4 Å². The van der Waals surface area contributed by atoms with Crippen LogP contribution in [-0.2, 0) is 16.6 Å². The molecule has 2 aliphatic rings. The van der Waals surface area contributed by atoms with Crippen LogP contribution in [0.5, 0.6) is 0 Å². The van der Waals surface area contributed by atoms with Gasteiger partial charge in [-0.25, -0.2) is 0 Å². The molecule has 4 rings (SSSR count). The molecular weight excluding hydrogens is 362 g/mol. The highest BCUT2D eigenvalue weighted by Crippen LogP contribution is 2.39. The van der Waals surface area contributed by atoms with Gasteiger partial charge in [-0.1, -0.05) is 11.8 Å². The van der Waals surface area contributed by atoms with Crippen molar-refractivity contribution in [1.29, 1.82) is 0 Å². The van der Waals surface area contributed by atoms with Crippen molar-refractivity contribution in [2.75, 3.05) is 36.5 Å². The first-order chi connectivity index (χ1) is 13.1. The molecule has 1 aliphatic heterocycles. The second kappa shape index (κ2) is 7.90. The lowest BCUT2D eigenvalue weighted by Gasteiger charge is -2.28. The smallest absolute Gasteiger partial charge is 0.237 e. The summed E-state index contributed by atoms with van der Waals surface area (Å²) >= 11 is 1.44. The average molecular weight is 388 g/mol. The molecule has 0 spiro atoms. The minimum Gasteiger partial charge on any atom is -0.378 e. The Hall–Kier alpha value is -2.06. The summed E-state index contributed by atoms with van der Waals surface area (Å²) in [6.45, 7) is 5.23. The van der Waals surface area contributed by atoms with E-state index in [1.165, 1.54) is 24.6 Å². The number of ether oxygens (including phenoxy) is 1. The summed E-state index contributed by atoms with van der Waals surface area (Å²) in [5, 5.41) is 12.1. The fraction of sp³-hybridized carbons (Fsp3) is 0.526. The topological polar surface area (TPSA) is 72.3 Å². The molecule has 1 aliphatic carbocycles. The normalized spacial score (nSPS) is 18.4. The minimum atomic E-state index is -0.251. The van der Waals surface area contributed by atoms with E-state index < -0.39 is 0 Å². The van der Waals surface area contributed by atoms with Gasteiger partial charge < -0.3 is 19.5 Å². The minimum absolute atomic E-state index is 0.0323. The van der Waals surface area contributed by atoms with Crippen molar-refractivity contribution >= 4 is 29.0 Å². The van der Waals surface area contributed by atoms with E-state index in [2.05, 4.69) is 20.4 Å². The molecule has 2 fully saturated rings. The lowest BCUT2D eigenvalue weighted by atomic mass is 10.2. The van der Waals surface area contributed by atoms with Gasteiger partial charge in [0, 0.05) is 37.4 Å². The van der Waals surface area contributed by atoms with E-state index in [1.54, 1.807) is 0 Å². The Kier molecular flexibility index (Phi) is 5.36. The number of nitrogens with one attached hydrogen (secondary N) is 1. The van der Waals surface area contributed by atoms with Gasteiger partial charge >= 0.3 is 0 Å². The van der Waals surface area contributed by atoms with E-state index in [-0.39, 0.29) is 11.2 Å². The summed E-state index contributed by atoms with van der Waals surface area (Å²) in [4.78, 5) is 14.8. The molecule has 2 aromatic rings. The predicted molar refractivity (Wildman–Crippen MR) is 106 cm³/mol. The Morgan fingerprint density at radius 3 is 2.59 bits per heavy atom. The van der Waals surface area contributed by atoms with Gasteiger partial charge in [-0.2, -0.15) is 0 Å². The third kappa shape index (κ3) is 4.27. The van der Waals surface area contributed by atoms with Gasteiger partial charge in [0.2, 0.25) is 5.91 Å². The standard InChI is InChI=1S/C19H25N5O2S/c1-13(27-19-22-21-17(23(19)2)14-3-4-14)18(25)20-15-5-7-16(8-6-15)24-9-11-26-12-10-24/h5-8,13-14H,3-4,9-12H2,1-2H3,(H,20,25)/t13-/m1/s1. The first-order valence-corrected chi connectivity index (χ1v) is 10.3. The van der Waals surface area contributed by atoms with Crippen LogP contribution in [0.4, 0.5) is 11.4 Å². The molecule has 0 radical (unpaired) electrons. The maximum absolute atomic E-state index is 12.6. The Morgan fingerprint density at radius 1 is 1.22 bits per heavy atom. The molecule has 0 unspecified atom stereocenters. The lowest BCUT2D eigenvalue weighted by molar-refractivity contribution is -0.115. The van der Waals surface area contributed by atoms with E-state index in [0.717, 1.165) is 48.7 Å². The summed E-state index contributed by atoms with van der Waals surface area (Å²) < 4.78 is 7.40. The number of carbonyl (C=O) groups excluding carboxylic acids is 1. The number of aromatic nitrogens is 3. The molecule has 0 bridgehead atoms. The van der Waals surface area contributed by atoms with E-state index in [0.29, 0.717) is 5.92 Å². The second-order valence-electron chi connectivity index (χ2n) is 7.07. The van der Waals surface area contributed by atoms with Crippen molar-refractivity contribution < 1.29 is 9.53 Å². The van der Waals surface area contributed by atoms with Gasteiger partial charge in [0.25, 0.3) is 0 Å². The van der Waals surface area contributed by atoms with Crippen molar-refractivity contribution in [1.82, 2.24) is 14.8 Å². The Balaban J connectivity index is 1.34. The molecule has 144 valence electrons. The van der Waals surface area contributed by atoms with Crippen molar-refractivity contribution in [2.24, 2.45) is 7.05 Å². The average Bonchev–Trinajstić information content (AvgIpc) is 3.47. The van der Waals surface area contributed by atoms with Gasteiger partial charge in [0.1, 0.15) is 5.82 Å². The van der Waals surface area contributed by atoms with Gasteiger partial charge in [0.05, 0.1) is 18.5 Å². The molecule has 1 amide bonds. The maximum atomic E-state index is 12.6. The monoisotopic (exact) mass is 387 g/mol. The predicted octanol–water partition coefficient (Wildman–Crippen LogP) is 2.65. The zero-order valence-electron chi connectivity index (χ0n) is 15.7. The summed E-state index contributed by atoms with van der Waals surface area (Å²) in [6, 6.07) is 7.99. The van der Waals surface area contributed by atoms with Crippen LogP contribution >= 0.6 is 11.8 Å². The van der Waals surface area contributed by atoms with Crippen LogP contribution in [0, 0.1) is 0 Å². The van der Waals surface area contributed by atoms with Crippen LogP contribution < -0.4 is 10.2 Å². The van der Waals surface area contributed by atoms with Crippen LogP contribution in [0.1, 0.15) is 31.5 Å². The van der Waals surface area contributed by atoms with Crippen LogP contribution in [-0.4, -0.2) is 52.2 Å². The second-order valence-corrected chi connectivity index (χ2v) is 8.38. The number of hydrogen-bond acceptors (Lipinski definition) is 6. The summed E-state index contributed by atoms with van der Waals surface area (Å²) in [7, 11) is 1.98. The fourth-order valence-corrected chi connectivity index (χ4v) is 3.98. The van der Waals surface area contributed by atoms with E-state index in [9.17, 15) is 4.79 Å². The van der Waals surface area contributed by atoms with Gasteiger partial charge in [-0.15, -0.1) is 10.2 Å². The quantitative estimate of drug-likeness (QED) is 0.769. The van der Waals surface area contributed by atoms with Crippen molar-refractivity contribution in [3.05, 3.63) is 30.1 Å². The van der Waals surface area contributed by atoms with Gasteiger partial charge in [-0.3, -0.25) is 4.79 Å². The van der Waals surface area contributed by atoms with Crippen molar-refractivity contribution in [3.63, 3.8) is 0 Å².